The van der Waals surface area contributed by atoms with Gasteiger partial charge >= 0.3 is 0 Å². The SMILES string of the molecule is COc1ccc(S(=O)(=O)C(C(=O)NOCc2ccccc2)C2(CC(=O)N3CCOCC3)C=CC=N2)cc1. The van der Waals surface area contributed by atoms with Crippen LogP contribution in [0.15, 0.2) is 76.6 Å². The van der Waals surface area contributed by atoms with Crippen molar-refractivity contribution >= 4 is 27.9 Å². The third kappa shape index (κ3) is 6.07. The molecule has 2 amide bonds. The van der Waals surface area contributed by atoms with Crippen molar-refractivity contribution < 1.29 is 32.3 Å². The van der Waals surface area contributed by atoms with Gasteiger partial charge in [-0.05, 0) is 35.9 Å². The van der Waals surface area contributed by atoms with Gasteiger partial charge in [0.1, 0.15) is 11.3 Å². The minimum atomic E-state index is -4.35. The van der Waals surface area contributed by atoms with E-state index in [0.29, 0.717) is 32.1 Å². The molecule has 2 atom stereocenters. The third-order valence-electron chi connectivity index (χ3n) is 6.23. The average molecular weight is 528 g/mol. The van der Waals surface area contributed by atoms with Crippen molar-refractivity contribution in [2.75, 3.05) is 33.4 Å². The number of hydrogen-bond acceptors (Lipinski definition) is 8. The van der Waals surface area contributed by atoms with Crippen molar-refractivity contribution in [1.82, 2.24) is 10.4 Å². The number of amides is 2. The lowest BCUT2D eigenvalue weighted by molar-refractivity contribution is -0.137. The molecule has 0 saturated carbocycles. The summed E-state index contributed by atoms with van der Waals surface area (Å²) in [5.41, 5.74) is 1.42. The van der Waals surface area contributed by atoms with E-state index in [9.17, 15) is 18.0 Å². The number of carbonyl (C=O) groups is 2. The summed E-state index contributed by atoms with van der Waals surface area (Å²) in [6.45, 7) is 1.56. The minimum Gasteiger partial charge on any atom is -0.497 e. The first kappa shape index (κ1) is 26.5. The van der Waals surface area contributed by atoms with Gasteiger partial charge in [-0.15, -0.1) is 0 Å². The largest absolute Gasteiger partial charge is 0.497 e. The van der Waals surface area contributed by atoms with E-state index in [4.69, 9.17) is 14.3 Å². The van der Waals surface area contributed by atoms with Crippen molar-refractivity contribution in [2.45, 2.75) is 28.7 Å². The zero-order valence-corrected chi connectivity index (χ0v) is 21.2. The van der Waals surface area contributed by atoms with E-state index < -0.39 is 26.5 Å². The van der Waals surface area contributed by atoms with Gasteiger partial charge in [-0.2, -0.15) is 0 Å². The van der Waals surface area contributed by atoms with Crippen LogP contribution in [0.4, 0.5) is 0 Å². The molecular formula is C26H29N3O7S. The van der Waals surface area contributed by atoms with Gasteiger partial charge in [0.05, 0.1) is 38.2 Å². The van der Waals surface area contributed by atoms with Crippen LogP contribution in [0.1, 0.15) is 12.0 Å². The summed E-state index contributed by atoms with van der Waals surface area (Å²) in [5, 5.41) is -1.77. The second-order valence-corrected chi connectivity index (χ2v) is 10.7. The van der Waals surface area contributed by atoms with E-state index in [0.717, 1.165) is 5.56 Å². The Balaban J connectivity index is 1.65. The topological polar surface area (TPSA) is 124 Å². The summed E-state index contributed by atoms with van der Waals surface area (Å²) in [6, 6.07) is 14.8. The maximum Gasteiger partial charge on any atom is 0.265 e. The molecule has 0 radical (unpaired) electrons. The monoisotopic (exact) mass is 527 g/mol. The second-order valence-electron chi connectivity index (χ2n) is 8.64. The Morgan fingerprint density at radius 1 is 1.11 bits per heavy atom. The number of nitrogens with zero attached hydrogens (tertiary/aromatic N) is 2. The van der Waals surface area contributed by atoms with Crippen LogP contribution in [0, 0.1) is 0 Å². The number of allylic oxidation sites excluding steroid dienone is 1. The zero-order valence-electron chi connectivity index (χ0n) is 20.4. The summed E-state index contributed by atoms with van der Waals surface area (Å²) in [7, 11) is -2.88. The molecule has 0 spiro atoms. The molecule has 11 heteroatoms. The first-order chi connectivity index (χ1) is 17.9. The Morgan fingerprint density at radius 3 is 2.43 bits per heavy atom. The molecule has 2 aliphatic heterocycles. The van der Waals surface area contributed by atoms with E-state index in [-0.39, 0.29) is 23.8 Å². The van der Waals surface area contributed by atoms with E-state index >= 15 is 0 Å². The lowest BCUT2D eigenvalue weighted by atomic mass is 9.90. The van der Waals surface area contributed by atoms with Crippen LogP contribution in [0.2, 0.25) is 0 Å². The number of hydrogen-bond donors (Lipinski definition) is 1. The molecule has 2 heterocycles. The van der Waals surface area contributed by atoms with Crippen LogP contribution in [0.25, 0.3) is 0 Å². The van der Waals surface area contributed by atoms with Gasteiger partial charge in [0.2, 0.25) is 5.91 Å². The van der Waals surface area contributed by atoms with Crippen LogP contribution in [0.5, 0.6) is 5.75 Å². The zero-order chi connectivity index (χ0) is 26.3. The van der Waals surface area contributed by atoms with Gasteiger partial charge in [-0.1, -0.05) is 36.4 Å². The van der Waals surface area contributed by atoms with Crippen molar-refractivity contribution in [3.05, 3.63) is 72.3 Å². The first-order valence-corrected chi connectivity index (χ1v) is 13.3. The number of rotatable bonds is 10. The lowest BCUT2D eigenvalue weighted by Crippen LogP contribution is -2.55. The number of ether oxygens (including phenoxy) is 2. The predicted octanol–water partition coefficient (Wildman–Crippen LogP) is 1.71. The predicted molar refractivity (Wildman–Crippen MR) is 136 cm³/mol. The van der Waals surface area contributed by atoms with Gasteiger partial charge in [-0.3, -0.25) is 19.4 Å². The fourth-order valence-corrected chi connectivity index (χ4v) is 6.19. The highest BCUT2D eigenvalue weighted by Crippen LogP contribution is 2.35. The number of benzene rings is 2. The summed E-state index contributed by atoms with van der Waals surface area (Å²) in [5.74, 6) is -0.785. The van der Waals surface area contributed by atoms with E-state index in [2.05, 4.69) is 10.5 Å². The van der Waals surface area contributed by atoms with Gasteiger partial charge in [0.25, 0.3) is 5.91 Å². The summed E-state index contributed by atoms with van der Waals surface area (Å²) in [4.78, 5) is 38.0. The standard InChI is InChI=1S/C26H29N3O7S/c1-34-21-8-10-22(11-9-21)37(32,33)24(25(31)28-36-19-20-6-3-2-4-7-20)26(12-5-13-27-26)18-23(30)29-14-16-35-17-15-29/h2-13,24H,14-19H2,1H3,(H,28,31). The molecule has 10 nitrogen and oxygen atoms in total. The molecule has 37 heavy (non-hydrogen) atoms. The summed E-state index contributed by atoms with van der Waals surface area (Å²) >= 11 is 0. The Hall–Kier alpha value is -3.54. The fraction of sp³-hybridized carbons (Fsp3) is 0.346. The van der Waals surface area contributed by atoms with E-state index in [1.165, 1.54) is 43.7 Å². The number of carbonyl (C=O) groups excluding carboxylic acids is 2. The molecule has 0 aliphatic carbocycles. The quantitative estimate of drug-likeness (QED) is 0.467. The summed E-state index contributed by atoms with van der Waals surface area (Å²) < 4.78 is 38.3. The lowest BCUT2D eigenvalue weighted by Gasteiger charge is -2.34. The Morgan fingerprint density at radius 2 is 1.81 bits per heavy atom. The van der Waals surface area contributed by atoms with Crippen molar-refractivity contribution in [3.8, 4) is 5.75 Å². The molecule has 196 valence electrons. The maximum absolute atomic E-state index is 13.9. The van der Waals surface area contributed by atoms with Crippen LogP contribution in [0.3, 0.4) is 0 Å². The molecule has 1 fully saturated rings. The van der Waals surface area contributed by atoms with Gasteiger partial charge in [0.15, 0.2) is 15.1 Å². The van der Waals surface area contributed by atoms with Crippen LogP contribution in [-0.2, 0) is 35.6 Å². The second kappa shape index (κ2) is 11.7. The average Bonchev–Trinajstić information content (AvgIpc) is 3.38. The van der Waals surface area contributed by atoms with Crippen LogP contribution < -0.4 is 10.2 Å². The van der Waals surface area contributed by atoms with Gasteiger partial charge in [-0.25, -0.2) is 13.9 Å². The maximum atomic E-state index is 13.9. The molecule has 0 bridgehead atoms. The van der Waals surface area contributed by atoms with E-state index in [1.807, 2.05) is 30.3 Å². The highest BCUT2D eigenvalue weighted by molar-refractivity contribution is 7.93. The fourth-order valence-electron chi connectivity index (χ4n) is 4.31. The normalized spacial score (nSPS) is 20.0. The van der Waals surface area contributed by atoms with Gasteiger partial charge < -0.3 is 14.4 Å². The first-order valence-electron chi connectivity index (χ1n) is 11.8. The molecule has 2 unspecified atom stereocenters. The molecular weight excluding hydrogens is 498 g/mol. The number of hydroxylamine groups is 1. The van der Waals surface area contributed by atoms with Gasteiger partial charge in [0, 0.05) is 19.3 Å². The van der Waals surface area contributed by atoms with Crippen molar-refractivity contribution in [2.24, 2.45) is 4.99 Å². The molecule has 0 aromatic heterocycles. The Bertz CT molecular complexity index is 1240. The third-order valence-corrected chi connectivity index (χ3v) is 8.40. The Kier molecular flexibility index (Phi) is 8.37. The molecule has 2 aromatic carbocycles. The molecule has 2 aliphatic rings. The highest BCUT2D eigenvalue weighted by atomic mass is 32.2. The number of sulfone groups is 1. The summed E-state index contributed by atoms with van der Waals surface area (Å²) in [6.07, 6.45) is 4.13. The number of methoxy groups -OCH3 is 1. The van der Waals surface area contributed by atoms with E-state index in [1.54, 1.807) is 11.0 Å². The number of nitrogens with one attached hydrogen (secondary N) is 1. The molecule has 4 rings (SSSR count). The Labute approximate surface area is 215 Å². The number of morpholine rings is 1. The van der Waals surface area contributed by atoms with Crippen LogP contribution in [-0.4, -0.2) is 75.5 Å². The number of aliphatic imine (C=N–C) groups is 1. The van der Waals surface area contributed by atoms with Crippen molar-refractivity contribution in [1.29, 1.82) is 0 Å². The highest BCUT2D eigenvalue weighted by Gasteiger charge is 2.52. The smallest absolute Gasteiger partial charge is 0.265 e. The molecule has 2 aromatic rings. The van der Waals surface area contributed by atoms with Crippen molar-refractivity contribution in [3.63, 3.8) is 0 Å². The molecule has 1 N–H and O–H groups in total. The minimum absolute atomic E-state index is 0.0285. The molecule has 1 saturated heterocycles. The van der Waals surface area contributed by atoms with Crippen LogP contribution >= 0.6 is 0 Å².